The standard InChI is InChI=1S/C25H29ClF2N2O4S2/c1-4-5-24-20-15-25(21-14-18(27)8-11-22(21)28,35(31,32)19-9-6-17(26)7-10-19)13-12-23(20)29-36(33,34)30(24)16(2)3/h4,6-11,14,16,20,23-24,29H,1,5,12-13,15H2,2-3H3/t20-,23+,24-,25-/m1/s1. The molecule has 1 heterocycles. The van der Waals surface area contributed by atoms with Gasteiger partial charge in [0.2, 0.25) is 0 Å². The van der Waals surface area contributed by atoms with Gasteiger partial charge in [-0.15, -0.1) is 6.58 Å². The molecule has 0 aromatic heterocycles. The Balaban J connectivity index is 1.93. The molecular formula is C25H29ClF2N2O4S2. The third kappa shape index (κ3) is 4.51. The Morgan fingerprint density at radius 1 is 1.22 bits per heavy atom. The molecule has 4 atom stereocenters. The van der Waals surface area contributed by atoms with Crippen LogP contribution >= 0.6 is 11.6 Å². The minimum Gasteiger partial charge on any atom is -0.223 e. The van der Waals surface area contributed by atoms with Crippen molar-refractivity contribution in [2.45, 2.75) is 67.3 Å². The molecule has 0 unspecified atom stereocenters. The van der Waals surface area contributed by atoms with Gasteiger partial charge in [-0.1, -0.05) is 17.7 Å². The second-order valence-electron chi connectivity index (χ2n) is 9.73. The summed E-state index contributed by atoms with van der Waals surface area (Å²) in [5.74, 6) is -2.09. The van der Waals surface area contributed by atoms with Gasteiger partial charge in [-0.2, -0.15) is 17.4 Å². The number of benzene rings is 2. The average molecular weight is 559 g/mol. The maximum Gasteiger partial charge on any atom is 0.280 e. The summed E-state index contributed by atoms with van der Waals surface area (Å²) in [6.45, 7) is 7.25. The fourth-order valence-electron chi connectivity index (χ4n) is 5.83. The van der Waals surface area contributed by atoms with Crippen LogP contribution in [0.4, 0.5) is 8.78 Å². The van der Waals surface area contributed by atoms with E-state index in [1.807, 2.05) is 0 Å². The lowest BCUT2D eigenvalue weighted by molar-refractivity contribution is 0.101. The van der Waals surface area contributed by atoms with Crippen molar-refractivity contribution in [3.63, 3.8) is 0 Å². The predicted molar refractivity (Wildman–Crippen MR) is 135 cm³/mol. The van der Waals surface area contributed by atoms with Crippen LogP contribution < -0.4 is 4.72 Å². The number of halogens is 3. The Bertz CT molecular complexity index is 1370. The Morgan fingerprint density at radius 3 is 2.50 bits per heavy atom. The second kappa shape index (κ2) is 9.79. The molecule has 196 valence electrons. The van der Waals surface area contributed by atoms with Crippen LogP contribution in [0.5, 0.6) is 0 Å². The summed E-state index contributed by atoms with van der Waals surface area (Å²) in [6.07, 6.45) is 1.82. The molecule has 36 heavy (non-hydrogen) atoms. The van der Waals surface area contributed by atoms with E-state index in [-0.39, 0.29) is 36.1 Å². The maximum atomic E-state index is 15.3. The summed E-state index contributed by atoms with van der Waals surface area (Å²) in [5, 5.41) is 0.337. The first-order valence-corrected chi connectivity index (χ1v) is 15.0. The number of nitrogens with one attached hydrogen (secondary N) is 1. The minimum absolute atomic E-state index is 0.0635. The topological polar surface area (TPSA) is 83.5 Å². The van der Waals surface area contributed by atoms with Gasteiger partial charge in [-0.05, 0) is 87.9 Å². The molecule has 1 N–H and O–H groups in total. The number of sulfone groups is 1. The second-order valence-corrected chi connectivity index (χ2v) is 14.0. The lowest BCUT2D eigenvalue weighted by Crippen LogP contribution is -2.66. The molecule has 0 amide bonds. The molecule has 2 aromatic carbocycles. The zero-order chi connectivity index (χ0) is 26.5. The summed E-state index contributed by atoms with van der Waals surface area (Å²) in [5.41, 5.74) is -0.252. The fourth-order valence-corrected chi connectivity index (χ4v) is 10.1. The van der Waals surface area contributed by atoms with E-state index in [0.29, 0.717) is 5.02 Å². The molecule has 1 saturated carbocycles. The Labute approximate surface area is 216 Å². The predicted octanol–water partition coefficient (Wildman–Crippen LogP) is 4.96. The molecule has 0 bridgehead atoms. The first kappa shape index (κ1) is 27.2. The van der Waals surface area contributed by atoms with Crippen LogP contribution in [0.3, 0.4) is 0 Å². The van der Waals surface area contributed by atoms with E-state index in [2.05, 4.69) is 11.3 Å². The van der Waals surface area contributed by atoms with Crippen LogP contribution in [0.1, 0.15) is 45.1 Å². The van der Waals surface area contributed by atoms with Crippen molar-refractivity contribution in [3.8, 4) is 0 Å². The van der Waals surface area contributed by atoms with E-state index in [4.69, 9.17) is 11.6 Å². The van der Waals surface area contributed by atoms with Crippen molar-refractivity contribution in [1.82, 2.24) is 9.03 Å². The number of nitrogens with zero attached hydrogens (tertiary/aromatic N) is 1. The molecule has 1 aliphatic carbocycles. The third-order valence-electron chi connectivity index (χ3n) is 7.32. The van der Waals surface area contributed by atoms with Crippen molar-refractivity contribution in [1.29, 1.82) is 0 Å². The van der Waals surface area contributed by atoms with Crippen LogP contribution in [0.2, 0.25) is 5.02 Å². The largest absolute Gasteiger partial charge is 0.280 e. The van der Waals surface area contributed by atoms with Crippen LogP contribution in [0.25, 0.3) is 0 Å². The van der Waals surface area contributed by atoms with Gasteiger partial charge in [0.25, 0.3) is 10.2 Å². The van der Waals surface area contributed by atoms with Crippen molar-refractivity contribution >= 4 is 31.6 Å². The van der Waals surface area contributed by atoms with E-state index < -0.39 is 60.5 Å². The van der Waals surface area contributed by atoms with E-state index >= 15 is 4.39 Å². The summed E-state index contributed by atoms with van der Waals surface area (Å²) in [4.78, 5) is -0.0635. The Morgan fingerprint density at radius 2 is 1.89 bits per heavy atom. The van der Waals surface area contributed by atoms with Crippen molar-refractivity contribution < 1.29 is 25.6 Å². The highest BCUT2D eigenvalue weighted by Crippen LogP contribution is 2.52. The van der Waals surface area contributed by atoms with Gasteiger partial charge in [-0.3, -0.25) is 0 Å². The first-order chi connectivity index (χ1) is 16.8. The van der Waals surface area contributed by atoms with Gasteiger partial charge in [0.1, 0.15) is 16.4 Å². The van der Waals surface area contributed by atoms with Crippen molar-refractivity contribution in [2.24, 2.45) is 5.92 Å². The molecular weight excluding hydrogens is 530 g/mol. The summed E-state index contributed by atoms with van der Waals surface area (Å²) in [6, 6.07) is 6.83. The van der Waals surface area contributed by atoms with Crippen molar-refractivity contribution in [2.75, 3.05) is 0 Å². The van der Waals surface area contributed by atoms with Gasteiger partial charge in [-0.25, -0.2) is 17.2 Å². The lowest BCUT2D eigenvalue weighted by Gasteiger charge is -2.53. The van der Waals surface area contributed by atoms with E-state index in [9.17, 15) is 21.2 Å². The number of hydrogen-bond donors (Lipinski definition) is 1. The Hall–Kier alpha value is -1.85. The zero-order valence-corrected chi connectivity index (χ0v) is 22.4. The average Bonchev–Trinajstić information content (AvgIpc) is 2.80. The molecule has 0 spiro atoms. The number of hydrogen-bond acceptors (Lipinski definition) is 4. The number of fused-ring (bicyclic) bond motifs is 1. The maximum absolute atomic E-state index is 15.3. The third-order valence-corrected chi connectivity index (χ3v) is 11.9. The summed E-state index contributed by atoms with van der Waals surface area (Å²) < 4.78 is 86.7. The van der Waals surface area contributed by atoms with Gasteiger partial charge in [0.15, 0.2) is 9.84 Å². The summed E-state index contributed by atoms with van der Waals surface area (Å²) >= 11 is 5.98. The molecule has 1 aliphatic heterocycles. The molecule has 6 nitrogen and oxygen atoms in total. The van der Waals surface area contributed by atoms with E-state index in [0.717, 1.165) is 18.2 Å². The molecule has 0 radical (unpaired) electrons. The normalized spacial score (nSPS) is 28.6. The van der Waals surface area contributed by atoms with E-state index in [1.165, 1.54) is 28.6 Å². The van der Waals surface area contributed by atoms with Gasteiger partial charge < -0.3 is 0 Å². The van der Waals surface area contributed by atoms with Crippen LogP contribution in [-0.4, -0.2) is 39.3 Å². The molecule has 2 aromatic rings. The van der Waals surface area contributed by atoms with Crippen molar-refractivity contribution in [3.05, 3.63) is 77.3 Å². The molecule has 2 fully saturated rings. The molecule has 2 aliphatic rings. The molecule has 1 saturated heterocycles. The fraction of sp³-hybridized carbons (Fsp3) is 0.440. The molecule has 11 heteroatoms. The quantitative estimate of drug-likeness (QED) is 0.508. The van der Waals surface area contributed by atoms with Crippen LogP contribution in [-0.2, 0) is 24.8 Å². The minimum atomic E-state index is -4.28. The van der Waals surface area contributed by atoms with Gasteiger partial charge >= 0.3 is 0 Å². The molecule has 4 rings (SSSR count). The van der Waals surface area contributed by atoms with Gasteiger partial charge in [0, 0.05) is 28.7 Å². The van der Waals surface area contributed by atoms with Gasteiger partial charge in [0.05, 0.1) is 4.90 Å². The summed E-state index contributed by atoms with van der Waals surface area (Å²) in [7, 11) is -8.11. The number of rotatable bonds is 6. The monoisotopic (exact) mass is 558 g/mol. The lowest BCUT2D eigenvalue weighted by atomic mass is 9.71. The smallest absolute Gasteiger partial charge is 0.223 e. The zero-order valence-electron chi connectivity index (χ0n) is 20.0. The first-order valence-electron chi connectivity index (χ1n) is 11.7. The highest BCUT2D eigenvalue weighted by atomic mass is 35.5. The highest BCUT2D eigenvalue weighted by molar-refractivity contribution is 7.92. The highest BCUT2D eigenvalue weighted by Gasteiger charge is 2.58. The van der Waals surface area contributed by atoms with E-state index in [1.54, 1.807) is 19.9 Å². The Kier molecular flexibility index (Phi) is 7.40. The SMILES string of the molecule is C=CC[C@@H]1[C@@H]2C[C@](c3cc(F)ccc3F)(S(=O)(=O)c3ccc(Cl)cc3)CC[C@@H]2NS(=O)(=O)N1C(C)C. The van der Waals surface area contributed by atoms with Crippen LogP contribution in [0.15, 0.2) is 60.0 Å². The van der Waals surface area contributed by atoms with Crippen LogP contribution in [0, 0.1) is 17.6 Å².